The Morgan fingerprint density at radius 3 is 1.76 bits per heavy atom. The molecular weight excluding hydrogens is 362 g/mol. The molecule has 150 valence electrons. The van der Waals surface area contributed by atoms with Crippen LogP contribution in [0.5, 0.6) is 0 Å². The van der Waals surface area contributed by atoms with Gasteiger partial charge in [0.25, 0.3) is 11.8 Å². The lowest BCUT2D eigenvalue weighted by atomic mass is 10.0. The summed E-state index contributed by atoms with van der Waals surface area (Å²) in [5.74, 6) is -0.430. The second-order valence-electron chi connectivity index (χ2n) is 6.99. The zero-order valence-corrected chi connectivity index (χ0v) is 16.8. The molecule has 0 spiro atoms. The predicted molar refractivity (Wildman–Crippen MR) is 115 cm³/mol. The highest BCUT2D eigenvalue weighted by Gasteiger charge is 2.19. The van der Waals surface area contributed by atoms with Crippen LogP contribution in [0.1, 0.15) is 70.7 Å². The Labute approximate surface area is 171 Å². The van der Waals surface area contributed by atoms with Crippen LogP contribution in [0, 0.1) is 0 Å². The molecule has 3 N–H and O–H groups in total. The maximum atomic E-state index is 12.7. The van der Waals surface area contributed by atoms with E-state index in [1.54, 1.807) is 12.3 Å². The SMILES string of the molecule is CC[C@@H](NC(=O)c1c[nH]c(C(=O)N[C@H](CC)c2ccccc2)c1)c1ccccc1. The van der Waals surface area contributed by atoms with Gasteiger partial charge in [0.15, 0.2) is 0 Å². The second-order valence-corrected chi connectivity index (χ2v) is 6.99. The number of hydrogen-bond acceptors (Lipinski definition) is 2. The van der Waals surface area contributed by atoms with Crippen LogP contribution in [-0.4, -0.2) is 16.8 Å². The number of amides is 2. The molecule has 1 aromatic heterocycles. The van der Waals surface area contributed by atoms with Crippen molar-refractivity contribution in [1.82, 2.24) is 15.6 Å². The first kappa shape index (κ1) is 20.4. The lowest BCUT2D eigenvalue weighted by Crippen LogP contribution is -2.29. The molecule has 5 heteroatoms. The summed E-state index contributed by atoms with van der Waals surface area (Å²) in [5.41, 5.74) is 2.93. The third-order valence-electron chi connectivity index (χ3n) is 5.02. The van der Waals surface area contributed by atoms with E-state index in [9.17, 15) is 9.59 Å². The Hall–Kier alpha value is -3.34. The van der Waals surface area contributed by atoms with Gasteiger partial charge in [0.1, 0.15) is 5.69 Å². The molecule has 0 fully saturated rings. The highest BCUT2D eigenvalue weighted by atomic mass is 16.2. The molecule has 0 aliphatic rings. The largest absolute Gasteiger partial charge is 0.356 e. The van der Waals surface area contributed by atoms with Gasteiger partial charge >= 0.3 is 0 Å². The van der Waals surface area contributed by atoms with Gasteiger partial charge in [-0.05, 0) is 30.0 Å². The Balaban J connectivity index is 1.66. The molecule has 1 heterocycles. The first-order valence-corrected chi connectivity index (χ1v) is 10.0. The molecule has 29 heavy (non-hydrogen) atoms. The Bertz CT molecular complexity index is 859. The third kappa shape index (κ3) is 5.13. The van der Waals surface area contributed by atoms with Crippen molar-refractivity contribution < 1.29 is 9.59 Å². The van der Waals surface area contributed by atoms with Crippen LogP contribution in [-0.2, 0) is 0 Å². The fourth-order valence-electron chi connectivity index (χ4n) is 3.35. The molecule has 2 aromatic carbocycles. The van der Waals surface area contributed by atoms with Gasteiger partial charge in [-0.25, -0.2) is 0 Å². The standard InChI is InChI=1S/C24H27N3O2/c1-3-20(17-11-7-5-8-12-17)26-23(28)19-15-22(25-16-19)24(29)27-21(4-2)18-13-9-6-10-14-18/h5-16,20-21,25H,3-4H2,1-2H3,(H,26,28)(H,27,29)/t20-,21-/m1/s1. The van der Waals surface area contributed by atoms with E-state index in [0.717, 1.165) is 24.0 Å². The number of aromatic amines is 1. The van der Waals surface area contributed by atoms with Crippen molar-refractivity contribution in [3.05, 3.63) is 95.3 Å². The molecule has 0 saturated carbocycles. The summed E-state index contributed by atoms with van der Waals surface area (Å²) in [4.78, 5) is 28.2. The van der Waals surface area contributed by atoms with Crippen molar-refractivity contribution in [1.29, 1.82) is 0 Å². The van der Waals surface area contributed by atoms with Crippen molar-refractivity contribution >= 4 is 11.8 Å². The fraction of sp³-hybridized carbons (Fsp3) is 0.250. The maximum absolute atomic E-state index is 12.7. The van der Waals surface area contributed by atoms with Crippen molar-refractivity contribution in [2.45, 2.75) is 38.8 Å². The van der Waals surface area contributed by atoms with E-state index < -0.39 is 0 Å². The topological polar surface area (TPSA) is 74.0 Å². The molecule has 0 radical (unpaired) electrons. The fourth-order valence-corrected chi connectivity index (χ4v) is 3.35. The van der Waals surface area contributed by atoms with Gasteiger partial charge in [-0.15, -0.1) is 0 Å². The first-order valence-electron chi connectivity index (χ1n) is 10.0. The van der Waals surface area contributed by atoms with Crippen molar-refractivity contribution in [2.24, 2.45) is 0 Å². The van der Waals surface area contributed by atoms with E-state index in [4.69, 9.17) is 0 Å². The number of hydrogen-bond donors (Lipinski definition) is 3. The molecule has 3 rings (SSSR count). The monoisotopic (exact) mass is 389 g/mol. The average Bonchev–Trinajstić information content (AvgIpc) is 3.27. The molecule has 3 aromatic rings. The third-order valence-corrected chi connectivity index (χ3v) is 5.02. The molecule has 0 aliphatic carbocycles. The summed E-state index contributed by atoms with van der Waals surface area (Å²) in [5, 5.41) is 6.07. The molecule has 0 unspecified atom stereocenters. The van der Waals surface area contributed by atoms with Gasteiger partial charge in [0.2, 0.25) is 0 Å². The summed E-state index contributed by atoms with van der Waals surface area (Å²) in [6.45, 7) is 4.06. The molecule has 2 amide bonds. The van der Waals surface area contributed by atoms with Crippen molar-refractivity contribution in [3.8, 4) is 0 Å². The summed E-state index contributed by atoms with van der Waals surface area (Å²) < 4.78 is 0. The second kappa shape index (κ2) is 9.73. The summed E-state index contributed by atoms with van der Waals surface area (Å²) in [7, 11) is 0. The number of nitrogens with one attached hydrogen (secondary N) is 3. The number of carbonyl (C=O) groups is 2. The van der Waals surface area contributed by atoms with E-state index in [2.05, 4.69) is 15.6 Å². The highest BCUT2D eigenvalue weighted by Crippen LogP contribution is 2.18. The summed E-state index contributed by atoms with van der Waals surface area (Å²) in [6.07, 6.45) is 3.13. The van der Waals surface area contributed by atoms with Crippen LogP contribution in [0.4, 0.5) is 0 Å². The molecule has 0 bridgehead atoms. The molecule has 5 nitrogen and oxygen atoms in total. The van der Waals surface area contributed by atoms with Gasteiger partial charge in [-0.2, -0.15) is 0 Å². The maximum Gasteiger partial charge on any atom is 0.268 e. The Morgan fingerprint density at radius 1 is 0.793 bits per heavy atom. The molecular formula is C24H27N3O2. The van der Waals surface area contributed by atoms with Crippen molar-refractivity contribution in [3.63, 3.8) is 0 Å². The number of carbonyl (C=O) groups excluding carboxylic acids is 2. The van der Waals surface area contributed by atoms with Gasteiger partial charge in [-0.3, -0.25) is 9.59 Å². The van der Waals surface area contributed by atoms with E-state index in [1.807, 2.05) is 74.5 Å². The Morgan fingerprint density at radius 2 is 1.28 bits per heavy atom. The van der Waals surface area contributed by atoms with Crippen LogP contribution in [0.2, 0.25) is 0 Å². The van der Waals surface area contributed by atoms with E-state index in [0.29, 0.717) is 11.3 Å². The minimum absolute atomic E-state index is 0.0709. The smallest absolute Gasteiger partial charge is 0.268 e. The van der Waals surface area contributed by atoms with Crippen molar-refractivity contribution in [2.75, 3.05) is 0 Å². The van der Waals surface area contributed by atoms with Crippen LogP contribution in [0.3, 0.4) is 0 Å². The number of rotatable bonds is 8. The molecule has 2 atom stereocenters. The minimum Gasteiger partial charge on any atom is -0.356 e. The van der Waals surface area contributed by atoms with Gasteiger partial charge in [-0.1, -0.05) is 74.5 Å². The average molecular weight is 389 g/mol. The van der Waals surface area contributed by atoms with Crippen LogP contribution in [0.25, 0.3) is 0 Å². The van der Waals surface area contributed by atoms with Gasteiger partial charge in [0, 0.05) is 6.20 Å². The number of aromatic nitrogens is 1. The van der Waals surface area contributed by atoms with Crippen LogP contribution >= 0.6 is 0 Å². The van der Waals surface area contributed by atoms with E-state index >= 15 is 0 Å². The quantitative estimate of drug-likeness (QED) is 0.519. The lowest BCUT2D eigenvalue weighted by Gasteiger charge is -2.17. The van der Waals surface area contributed by atoms with Crippen LogP contribution in [0.15, 0.2) is 72.9 Å². The number of benzene rings is 2. The first-order chi connectivity index (χ1) is 14.1. The minimum atomic E-state index is -0.227. The lowest BCUT2D eigenvalue weighted by molar-refractivity contribution is 0.0929. The molecule has 0 saturated heterocycles. The number of H-pyrrole nitrogens is 1. The zero-order valence-electron chi connectivity index (χ0n) is 16.8. The summed E-state index contributed by atoms with van der Waals surface area (Å²) >= 11 is 0. The Kier molecular flexibility index (Phi) is 6.85. The summed E-state index contributed by atoms with van der Waals surface area (Å²) in [6, 6.07) is 21.2. The van der Waals surface area contributed by atoms with Gasteiger partial charge < -0.3 is 15.6 Å². The van der Waals surface area contributed by atoms with Gasteiger partial charge in [0.05, 0.1) is 17.6 Å². The van der Waals surface area contributed by atoms with E-state index in [1.165, 1.54) is 0 Å². The predicted octanol–water partition coefficient (Wildman–Crippen LogP) is 4.78. The highest BCUT2D eigenvalue weighted by molar-refractivity contribution is 5.99. The van der Waals surface area contributed by atoms with Crippen LogP contribution < -0.4 is 10.6 Å². The zero-order chi connectivity index (χ0) is 20.6. The normalized spacial score (nSPS) is 12.8. The van der Waals surface area contributed by atoms with E-state index in [-0.39, 0.29) is 23.9 Å². The molecule has 0 aliphatic heterocycles.